The van der Waals surface area contributed by atoms with Crippen molar-refractivity contribution in [2.75, 3.05) is 0 Å². The lowest BCUT2D eigenvalue weighted by molar-refractivity contribution is -0.384. The van der Waals surface area contributed by atoms with Crippen molar-refractivity contribution in [2.24, 2.45) is 5.10 Å². The third kappa shape index (κ3) is 3.88. The van der Waals surface area contributed by atoms with Gasteiger partial charge in [0.2, 0.25) is 0 Å². The number of carbonyl (C=O) groups excluding carboxylic acids is 1. The molecule has 0 unspecified atom stereocenters. The Kier molecular flexibility index (Phi) is 5.21. The highest BCUT2D eigenvalue weighted by molar-refractivity contribution is 14.1. The van der Waals surface area contributed by atoms with E-state index >= 15 is 0 Å². The molecular formula is C15H12IN3O3. The first-order valence-electron chi connectivity index (χ1n) is 6.33. The maximum atomic E-state index is 12.0. The summed E-state index contributed by atoms with van der Waals surface area (Å²) in [5.74, 6) is -0.324. The maximum absolute atomic E-state index is 12.0. The Hall–Kier alpha value is -2.29. The topological polar surface area (TPSA) is 84.6 Å². The number of amides is 1. The summed E-state index contributed by atoms with van der Waals surface area (Å²) < 4.78 is 0.820. The predicted octanol–water partition coefficient (Wildman–Crippen LogP) is 3.35. The normalized spacial score (nSPS) is 11.1. The molecule has 0 saturated heterocycles. The quantitative estimate of drug-likeness (QED) is 0.364. The molecule has 0 aliphatic heterocycles. The molecule has 0 aliphatic carbocycles. The third-order valence-corrected chi connectivity index (χ3v) is 3.86. The average molecular weight is 409 g/mol. The van der Waals surface area contributed by atoms with Crippen LogP contribution in [-0.4, -0.2) is 16.5 Å². The van der Waals surface area contributed by atoms with Gasteiger partial charge < -0.3 is 0 Å². The number of nitro groups is 1. The molecule has 0 bridgehead atoms. The standard InChI is InChI=1S/C15H12IN3O3/c1-10(11-5-4-6-12(9-11)19(21)22)17-18-15(20)13-7-2-3-8-14(13)16/h2-9H,1H3,(H,18,20)/b17-10+. The van der Waals surface area contributed by atoms with E-state index in [2.05, 4.69) is 33.1 Å². The zero-order valence-corrected chi connectivity index (χ0v) is 13.8. The summed E-state index contributed by atoms with van der Waals surface area (Å²) in [5.41, 5.74) is 4.04. The van der Waals surface area contributed by atoms with E-state index in [1.807, 2.05) is 12.1 Å². The Morgan fingerprint density at radius 1 is 1.23 bits per heavy atom. The lowest BCUT2D eigenvalue weighted by Crippen LogP contribution is -2.20. The highest BCUT2D eigenvalue weighted by Crippen LogP contribution is 2.14. The van der Waals surface area contributed by atoms with E-state index in [0.717, 1.165) is 3.57 Å². The summed E-state index contributed by atoms with van der Waals surface area (Å²) in [6, 6.07) is 13.2. The summed E-state index contributed by atoms with van der Waals surface area (Å²) in [6.07, 6.45) is 0. The second-order valence-corrected chi connectivity index (χ2v) is 5.59. The Bertz CT molecular complexity index is 759. The van der Waals surface area contributed by atoms with Crippen molar-refractivity contribution in [3.63, 3.8) is 0 Å². The molecule has 1 amide bonds. The number of hydrogen-bond donors (Lipinski definition) is 1. The van der Waals surface area contributed by atoms with E-state index in [9.17, 15) is 14.9 Å². The van der Waals surface area contributed by atoms with E-state index in [4.69, 9.17) is 0 Å². The van der Waals surface area contributed by atoms with Gasteiger partial charge in [-0.3, -0.25) is 14.9 Å². The molecule has 0 radical (unpaired) electrons. The molecule has 112 valence electrons. The van der Waals surface area contributed by atoms with E-state index in [1.165, 1.54) is 12.1 Å². The van der Waals surface area contributed by atoms with Crippen LogP contribution in [0.5, 0.6) is 0 Å². The van der Waals surface area contributed by atoms with Gasteiger partial charge in [0.15, 0.2) is 0 Å². The van der Waals surface area contributed by atoms with E-state index in [1.54, 1.807) is 31.2 Å². The molecular weight excluding hydrogens is 397 g/mol. The van der Waals surface area contributed by atoms with Crippen molar-refractivity contribution in [2.45, 2.75) is 6.92 Å². The van der Waals surface area contributed by atoms with Crippen molar-refractivity contribution in [1.82, 2.24) is 5.43 Å². The molecule has 0 aromatic heterocycles. The van der Waals surface area contributed by atoms with Gasteiger partial charge in [0.05, 0.1) is 16.2 Å². The number of carbonyl (C=O) groups is 1. The van der Waals surface area contributed by atoms with Gasteiger partial charge in [-0.15, -0.1) is 0 Å². The van der Waals surface area contributed by atoms with Gasteiger partial charge in [-0.2, -0.15) is 5.10 Å². The molecule has 0 fully saturated rings. The molecule has 2 aromatic carbocycles. The number of nitrogens with zero attached hydrogens (tertiary/aromatic N) is 2. The number of nitrogens with one attached hydrogen (secondary N) is 1. The molecule has 0 spiro atoms. The fourth-order valence-corrected chi connectivity index (χ4v) is 2.38. The van der Waals surface area contributed by atoms with Crippen molar-refractivity contribution in [3.05, 3.63) is 73.3 Å². The molecule has 0 heterocycles. The molecule has 0 aliphatic rings. The fraction of sp³-hybridized carbons (Fsp3) is 0.0667. The largest absolute Gasteiger partial charge is 0.272 e. The van der Waals surface area contributed by atoms with Gasteiger partial charge in [-0.25, -0.2) is 5.43 Å². The monoisotopic (exact) mass is 409 g/mol. The zero-order valence-electron chi connectivity index (χ0n) is 11.6. The van der Waals surface area contributed by atoms with Crippen LogP contribution < -0.4 is 5.43 Å². The van der Waals surface area contributed by atoms with Crippen LogP contribution in [0.3, 0.4) is 0 Å². The fourth-order valence-electron chi connectivity index (χ4n) is 1.75. The molecule has 0 atom stereocenters. The molecule has 0 saturated carbocycles. The lowest BCUT2D eigenvalue weighted by atomic mass is 10.1. The number of benzene rings is 2. The van der Waals surface area contributed by atoms with Gasteiger partial charge in [0.25, 0.3) is 11.6 Å². The minimum Gasteiger partial charge on any atom is -0.267 e. The van der Waals surface area contributed by atoms with Crippen LogP contribution in [0.2, 0.25) is 0 Å². The molecule has 6 nitrogen and oxygen atoms in total. The minimum atomic E-state index is -0.471. The highest BCUT2D eigenvalue weighted by Gasteiger charge is 2.10. The van der Waals surface area contributed by atoms with Gasteiger partial charge in [-0.1, -0.05) is 24.3 Å². The summed E-state index contributed by atoms with van der Waals surface area (Å²) in [5, 5.41) is 14.8. The molecule has 2 rings (SSSR count). The lowest BCUT2D eigenvalue weighted by Gasteiger charge is -2.04. The highest BCUT2D eigenvalue weighted by atomic mass is 127. The molecule has 22 heavy (non-hydrogen) atoms. The number of rotatable bonds is 4. The van der Waals surface area contributed by atoms with Crippen LogP contribution >= 0.6 is 22.6 Å². The Balaban J connectivity index is 2.16. The summed E-state index contributed by atoms with van der Waals surface area (Å²) in [7, 11) is 0. The third-order valence-electron chi connectivity index (χ3n) is 2.92. The predicted molar refractivity (Wildman–Crippen MR) is 91.9 cm³/mol. The second kappa shape index (κ2) is 7.12. The Morgan fingerprint density at radius 2 is 1.95 bits per heavy atom. The number of hydrazone groups is 1. The Morgan fingerprint density at radius 3 is 2.64 bits per heavy atom. The first kappa shape index (κ1) is 16.1. The first-order chi connectivity index (χ1) is 10.5. The number of non-ortho nitro benzene ring substituents is 1. The zero-order chi connectivity index (χ0) is 16.1. The van der Waals surface area contributed by atoms with Gasteiger partial charge in [0, 0.05) is 21.3 Å². The summed E-state index contributed by atoms with van der Waals surface area (Å²) >= 11 is 2.07. The molecule has 7 heteroatoms. The van der Waals surface area contributed by atoms with Crippen LogP contribution in [0, 0.1) is 13.7 Å². The maximum Gasteiger partial charge on any atom is 0.272 e. The molecule has 2 aromatic rings. The molecule has 1 N–H and O–H groups in total. The van der Waals surface area contributed by atoms with Crippen molar-refractivity contribution >= 4 is 39.9 Å². The van der Waals surface area contributed by atoms with E-state index in [-0.39, 0.29) is 11.6 Å². The van der Waals surface area contributed by atoms with E-state index < -0.39 is 4.92 Å². The smallest absolute Gasteiger partial charge is 0.267 e. The number of nitro benzene ring substituents is 1. The van der Waals surface area contributed by atoms with Crippen molar-refractivity contribution in [3.8, 4) is 0 Å². The first-order valence-corrected chi connectivity index (χ1v) is 7.41. The van der Waals surface area contributed by atoms with Crippen LogP contribution in [0.1, 0.15) is 22.8 Å². The van der Waals surface area contributed by atoms with Crippen LogP contribution in [0.15, 0.2) is 53.6 Å². The van der Waals surface area contributed by atoms with Gasteiger partial charge in [0.1, 0.15) is 0 Å². The Labute approximate surface area is 140 Å². The van der Waals surface area contributed by atoms with Crippen LogP contribution in [0.25, 0.3) is 0 Å². The number of halogens is 1. The summed E-state index contributed by atoms with van der Waals surface area (Å²) in [6.45, 7) is 1.68. The summed E-state index contributed by atoms with van der Waals surface area (Å²) in [4.78, 5) is 22.3. The van der Waals surface area contributed by atoms with Crippen molar-refractivity contribution < 1.29 is 9.72 Å². The second-order valence-electron chi connectivity index (χ2n) is 4.43. The minimum absolute atomic E-state index is 0.0176. The number of hydrogen-bond acceptors (Lipinski definition) is 4. The van der Waals surface area contributed by atoms with Gasteiger partial charge >= 0.3 is 0 Å². The van der Waals surface area contributed by atoms with Crippen LogP contribution in [-0.2, 0) is 0 Å². The average Bonchev–Trinajstić information content (AvgIpc) is 2.52. The SMILES string of the molecule is C/C(=N\NC(=O)c1ccccc1I)c1cccc([N+](=O)[O-])c1. The van der Waals surface area contributed by atoms with E-state index in [0.29, 0.717) is 16.8 Å². The van der Waals surface area contributed by atoms with Gasteiger partial charge in [-0.05, 0) is 41.6 Å². The van der Waals surface area contributed by atoms with Crippen molar-refractivity contribution in [1.29, 1.82) is 0 Å². The van der Waals surface area contributed by atoms with Crippen LogP contribution in [0.4, 0.5) is 5.69 Å².